The minimum absolute atomic E-state index is 0.154. The Labute approximate surface area is 150 Å². The van der Waals surface area contributed by atoms with E-state index in [0.717, 1.165) is 12.8 Å². The molecule has 0 atom stereocenters. The molecule has 0 saturated heterocycles. The van der Waals surface area contributed by atoms with Crippen molar-refractivity contribution in [3.05, 3.63) is 0 Å². The number of carboxylic acid groups (broad SMARTS) is 1. The predicted molar refractivity (Wildman–Crippen MR) is 103 cm³/mol. The molecule has 1 N–H and O–H groups in total. The molecule has 0 aromatic carbocycles. The van der Waals surface area contributed by atoms with Crippen molar-refractivity contribution in [1.29, 1.82) is 0 Å². The van der Waals surface area contributed by atoms with Gasteiger partial charge in [-0.1, -0.05) is 110 Å². The number of unbranched alkanes of at least 4 members (excludes halogenated alkanes) is 16. The molecule has 144 valence electrons. The molecule has 0 aromatic rings. The first-order valence-electron chi connectivity index (χ1n) is 10.6. The quantitative estimate of drug-likeness (QED) is 0.249. The molecule has 0 heterocycles. The number of ether oxygens (including phenoxy) is 1. The maximum atomic E-state index is 10.3. The van der Waals surface area contributed by atoms with E-state index in [-0.39, 0.29) is 6.61 Å². The van der Waals surface area contributed by atoms with Gasteiger partial charge in [0.05, 0.1) is 0 Å². The topological polar surface area (TPSA) is 46.5 Å². The van der Waals surface area contributed by atoms with Crippen LogP contribution in [0.5, 0.6) is 0 Å². The zero-order valence-corrected chi connectivity index (χ0v) is 16.2. The lowest BCUT2D eigenvalue weighted by Gasteiger charge is -2.04. The Morgan fingerprint density at radius 2 is 0.958 bits per heavy atom. The minimum Gasteiger partial charge on any atom is -0.480 e. The fourth-order valence-electron chi connectivity index (χ4n) is 3.09. The van der Waals surface area contributed by atoms with Crippen molar-refractivity contribution in [3.63, 3.8) is 0 Å². The van der Waals surface area contributed by atoms with Crippen LogP contribution in [0.4, 0.5) is 0 Å². The van der Waals surface area contributed by atoms with Gasteiger partial charge < -0.3 is 9.84 Å². The van der Waals surface area contributed by atoms with Gasteiger partial charge in [-0.15, -0.1) is 0 Å². The minimum atomic E-state index is -0.873. The lowest BCUT2D eigenvalue weighted by Crippen LogP contribution is -2.07. The summed E-state index contributed by atoms with van der Waals surface area (Å²) in [6, 6.07) is 0. The molecule has 0 rings (SSSR count). The van der Waals surface area contributed by atoms with Crippen LogP contribution in [0.25, 0.3) is 0 Å². The van der Waals surface area contributed by atoms with E-state index < -0.39 is 5.97 Å². The Balaban J connectivity index is 2.97. The van der Waals surface area contributed by atoms with Crippen molar-refractivity contribution in [3.8, 4) is 0 Å². The molecule has 0 aliphatic rings. The van der Waals surface area contributed by atoms with Crippen molar-refractivity contribution < 1.29 is 14.6 Å². The summed E-state index contributed by atoms with van der Waals surface area (Å²) in [6.07, 6.45) is 23.1. The first kappa shape index (κ1) is 23.4. The molecule has 3 heteroatoms. The molecule has 0 aliphatic heterocycles. The van der Waals surface area contributed by atoms with Gasteiger partial charge in [-0.05, 0) is 6.42 Å². The van der Waals surface area contributed by atoms with Crippen LogP contribution in [0.15, 0.2) is 0 Å². The van der Waals surface area contributed by atoms with Gasteiger partial charge in [-0.25, -0.2) is 4.79 Å². The maximum absolute atomic E-state index is 10.3. The molecule has 0 fully saturated rings. The van der Waals surface area contributed by atoms with Crippen LogP contribution in [-0.2, 0) is 9.53 Å². The summed E-state index contributed by atoms with van der Waals surface area (Å²) < 4.78 is 5.02. The standard InChI is InChI=1S/C21H42O3/c1-2-3-4-5-6-7-8-9-10-11-12-13-14-15-16-17-18-19-24-20-21(22)23/h2-20H2,1H3,(H,22,23). The summed E-state index contributed by atoms with van der Waals surface area (Å²) in [5.41, 5.74) is 0. The van der Waals surface area contributed by atoms with Crippen LogP contribution in [0.1, 0.15) is 116 Å². The molecule has 0 saturated carbocycles. The summed E-state index contributed by atoms with van der Waals surface area (Å²) in [5, 5.41) is 8.43. The summed E-state index contributed by atoms with van der Waals surface area (Å²) in [5.74, 6) is -0.873. The smallest absolute Gasteiger partial charge is 0.329 e. The van der Waals surface area contributed by atoms with E-state index in [1.807, 2.05) is 0 Å². The van der Waals surface area contributed by atoms with E-state index in [9.17, 15) is 4.79 Å². The monoisotopic (exact) mass is 342 g/mol. The number of hydrogen-bond donors (Lipinski definition) is 1. The Morgan fingerprint density at radius 3 is 1.29 bits per heavy atom. The third kappa shape index (κ3) is 21.4. The molecule has 0 aliphatic carbocycles. The third-order valence-electron chi connectivity index (χ3n) is 4.62. The van der Waals surface area contributed by atoms with E-state index >= 15 is 0 Å². The van der Waals surface area contributed by atoms with Crippen molar-refractivity contribution in [2.75, 3.05) is 13.2 Å². The molecular weight excluding hydrogens is 300 g/mol. The first-order chi connectivity index (χ1) is 11.8. The Morgan fingerprint density at radius 1 is 0.625 bits per heavy atom. The zero-order valence-electron chi connectivity index (χ0n) is 16.2. The molecule has 0 bridgehead atoms. The fourth-order valence-corrected chi connectivity index (χ4v) is 3.09. The molecule has 0 amide bonds. The second-order valence-electron chi connectivity index (χ2n) is 7.10. The average Bonchev–Trinajstić information content (AvgIpc) is 2.56. The second-order valence-corrected chi connectivity index (χ2v) is 7.10. The van der Waals surface area contributed by atoms with Crippen molar-refractivity contribution in [2.24, 2.45) is 0 Å². The van der Waals surface area contributed by atoms with Gasteiger partial charge in [0.2, 0.25) is 0 Å². The normalized spacial score (nSPS) is 11.0. The number of carboxylic acids is 1. The van der Waals surface area contributed by atoms with Gasteiger partial charge in [0.15, 0.2) is 0 Å². The molecule has 3 nitrogen and oxygen atoms in total. The van der Waals surface area contributed by atoms with E-state index in [4.69, 9.17) is 9.84 Å². The lowest BCUT2D eigenvalue weighted by molar-refractivity contribution is -0.142. The Hall–Kier alpha value is -0.570. The van der Waals surface area contributed by atoms with E-state index in [1.54, 1.807) is 0 Å². The van der Waals surface area contributed by atoms with E-state index in [1.165, 1.54) is 96.3 Å². The van der Waals surface area contributed by atoms with Crippen LogP contribution in [-0.4, -0.2) is 24.3 Å². The summed E-state index contributed by atoms with van der Waals surface area (Å²) in [6.45, 7) is 2.71. The van der Waals surface area contributed by atoms with Crippen LogP contribution < -0.4 is 0 Å². The number of hydrogen-bond acceptors (Lipinski definition) is 2. The third-order valence-corrected chi connectivity index (χ3v) is 4.62. The molecule has 0 unspecified atom stereocenters. The summed E-state index contributed by atoms with van der Waals surface area (Å²) in [7, 11) is 0. The van der Waals surface area contributed by atoms with E-state index in [2.05, 4.69) is 6.92 Å². The maximum Gasteiger partial charge on any atom is 0.329 e. The van der Waals surface area contributed by atoms with Gasteiger partial charge in [-0.3, -0.25) is 0 Å². The SMILES string of the molecule is CCCCCCCCCCCCCCCCCCCOCC(=O)O. The van der Waals surface area contributed by atoms with Crippen LogP contribution in [0.2, 0.25) is 0 Å². The van der Waals surface area contributed by atoms with Crippen molar-refractivity contribution in [1.82, 2.24) is 0 Å². The zero-order chi connectivity index (χ0) is 17.7. The number of carbonyl (C=O) groups is 1. The summed E-state index contributed by atoms with van der Waals surface area (Å²) in [4.78, 5) is 10.3. The summed E-state index contributed by atoms with van der Waals surface area (Å²) >= 11 is 0. The predicted octanol–water partition coefficient (Wildman–Crippen LogP) is 6.74. The highest BCUT2D eigenvalue weighted by atomic mass is 16.5. The molecular formula is C21H42O3. The molecule has 24 heavy (non-hydrogen) atoms. The van der Waals surface area contributed by atoms with Crippen LogP contribution in [0.3, 0.4) is 0 Å². The Bertz CT molecular complexity index is 253. The van der Waals surface area contributed by atoms with Gasteiger partial charge in [-0.2, -0.15) is 0 Å². The lowest BCUT2D eigenvalue weighted by atomic mass is 10.0. The molecule has 0 radical (unpaired) electrons. The van der Waals surface area contributed by atoms with Crippen molar-refractivity contribution in [2.45, 2.75) is 116 Å². The Kier molecular flexibility index (Phi) is 20.0. The largest absolute Gasteiger partial charge is 0.480 e. The second kappa shape index (κ2) is 20.5. The average molecular weight is 343 g/mol. The highest BCUT2D eigenvalue weighted by Gasteiger charge is 1.97. The van der Waals surface area contributed by atoms with Gasteiger partial charge in [0.25, 0.3) is 0 Å². The van der Waals surface area contributed by atoms with E-state index in [0.29, 0.717) is 6.61 Å². The van der Waals surface area contributed by atoms with Gasteiger partial charge in [0, 0.05) is 6.61 Å². The highest BCUT2D eigenvalue weighted by Crippen LogP contribution is 2.13. The number of rotatable bonds is 20. The molecule has 0 aromatic heterocycles. The van der Waals surface area contributed by atoms with Gasteiger partial charge >= 0.3 is 5.97 Å². The first-order valence-corrected chi connectivity index (χ1v) is 10.6. The fraction of sp³-hybridized carbons (Fsp3) is 0.952. The highest BCUT2D eigenvalue weighted by molar-refractivity contribution is 5.67. The number of aliphatic carboxylic acids is 1. The van der Waals surface area contributed by atoms with Crippen molar-refractivity contribution >= 4 is 5.97 Å². The van der Waals surface area contributed by atoms with Gasteiger partial charge in [0.1, 0.15) is 6.61 Å². The molecule has 0 spiro atoms. The van der Waals surface area contributed by atoms with Crippen LogP contribution >= 0.6 is 0 Å². The van der Waals surface area contributed by atoms with Crippen LogP contribution in [0, 0.1) is 0 Å².